The van der Waals surface area contributed by atoms with Crippen LogP contribution in [0.4, 0.5) is 0 Å². The van der Waals surface area contributed by atoms with Crippen LogP contribution in [0.15, 0.2) is 59.9 Å². The van der Waals surface area contributed by atoms with Gasteiger partial charge >= 0.3 is 0 Å². The second-order valence-electron chi connectivity index (χ2n) is 6.73. The number of benzene rings is 1. The maximum Gasteiger partial charge on any atom is 0.273 e. The normalized spacial score (nSPS) is 14.6. The average molecular weight is 423 g/mol. The minimum atomic E-state index is -3.64. The fraction of sp³-hybridized carbons (Fsp3) is 0.211. The van der Waals surface area contributed by atoms with Crippen molar-refractivity contribution < 1.29 is 13.2 Å². The van der Waals surface area contributed by atoms with E-state index in [9.17, 15) is 13.2 Å². The number of carbonyl (C=O) groups excluding carboxylic acids is 1. The molecular formula is C19H17N7O3S. The second kappa shape index (κ2) is 8.02. The van der Waals surface area contributed by atoms with Gasteiger partial charge in [-0.05, 0) is 42.0 Å². The van der Waals surface area contributed by atoms with E-state index in [4.69, 9.17) is 5.26 Å². The Morgan fingerprint density at radius 1 is 1.17 bits per heavy atom. The number of nitrogens with one attached hydrogen (secondary N) is 1. The zero-order valence-electron chi connectivity index (χ0n) is 15.7. The van der Waals surface area contributed by atoms with Crippen molar-refractivity contribution in [1.82, 2.24) is 29.6 Å². The van der Waals surface area contributed by atoms with Gasteiger partial charge in [-0.1, -0.05) is 5.21 Å². The van der Waals surface area contributed by atoms with E-state index >= 15 is 0 Å². The zero-order chi connectivity index (χ0) is 21.1. The summed E-state index contributed by atoms with van der Waals surface area (Å²) in [7, 11) is -3.64. The van der Waals surface area contributed by atoms with E-state index in [2.05, 4.69) is 20.6 Å². The molecule has 4 rings (SSSR count). The first kappa shape index (κ1) is 19.7. The van der Waals surface area contributed by atoms with Gasteiger partial charge in [-0.2, -0.15) is 9.57 Å². The molecule has 1 amide bonds. The van der Waals surface area contributed by atoms with E-state index in [0.29, 0.717) is 12.1 Å². The number of carbonyl (C=O) groups is 1. The lowest BCUT2D eigenvalue weighted by Gasteiger charge is -2.37. The first-order chi connectivity index (χ1) is 14.5. The number of nitriles is 1. The highest BCUT2D eigenvalue weighted by Crippen LogP contribution is 2.27. The van der Waals surface area contributed by atoms with Crippen molar-refractivity contribution in [1.29, 1.82) is 5.26 Å². The van der Waals surface area contributed by atoms with Gasteiger partial charge in [-0.25, -0.2) is 13.1 Å². The molecule has 0 aliphatic carbocycles. The van der Waals surface area contributed by atoms with Gasteiger partial charge in [0, 0.05) is 32.0 Å². The topological polar surface area (TPSA) is 134 Å². The third-order valence-corrected chi connectivity index (χ3v) is 6.62. The molecule has 1 saturated heterocycles. The Kier molecular flexibility index (Phi) is 5.26. The van der Waals surface area contributed by atoms with E-state index in [1.165, 1.54) is 39.4 Å². The molecule has 0 bridgehead atoms. The molecule has 3 heterocycles. The summed E-state index contributed by atoms with van der Waals surface area (Å²) in [5.41, 5.74) is 1.47. The first-order valence-corrected chi connectivity index (χ1v) is 10.5. The molecule has 2 aromatic heterocycles. The molecule has 30 heavy (non-hydrogen) atoms. The number of aromatic nitrogens is 4. The largest absolute Gasteiger partial charge is 0.347 e. The van der Waals surface area contributed by atoms with Crippen molar-refractivity contribution in [3.63, 3.8) is 0 Å². The van der Waals surface area contributed by atoms with E-state index in [1.807, 2.05) is 6.07 Å². The van der Waals surface area contributed by atoms with Crippen LogP contribution in [-0.4, -0.2) is 51.7 Å². The number of sulfonamides is 1. The van der Waals surface area contributed by atoms with Gasteiger partial charge in [0.05, 0.1) is 28.8 Å². The van der Waals surface area contributed by atoms with Crippen LogP contribution in [0.1, 0.15) is 27.7 Å². The molecule has 0 radical (unpaired) electrons. The predicted octanol–water partition coefficient (Wildman–Crippen LogP) is 0.720. The molecule has 1 fully saturated rings. The van der Waals surface area contributed by atoms with E-state index < -0.39 is 10.0 Å². The average Bonchev–Trinajstić information content (AvgIpc) is 3.21. The van der Waals surface area contributed by atoms with Crippen LogP contribution in [0.25, 0.3) is 0 Å². The molecule has 0 unspecified atom stereocenters. The van der Waals surface area contributed by atoms with Crippen molar-refractivity contribution in [2.75, 3.05) is 13.1 Å². The summed E-state index contributed by atoms with van der Waals surface area (Å²) in [5.74, 6) is -0.362. The van der Waals surface area contributed by atoms with Gasteiger partial charge in [0.25, 0.3) is 5.91 Å². The number of hydrogen-bond donors (Lipinski definition) is 1. The Hall–Kier alpha value is -3.62. The maximum atomic E-state index is 12.7. The minimum Gasteiger partial charge on any atom is -0.347 e. The van der Waals surface area contributed by atoms with Crippen molar-refractivity contribution in [2.24, 2.45) is 0 Å². The fourth-order valence-electron chi connectivity index (χ4n) is 2.96. The van der Waals surface area contributed by atoms with E-state index in [0.717, 1.165) is 5.56 Å². The smallest absolute Gasteiger partial charge is 0.273 e. The van der Waals surface area contributed by atoms with E-state index in [1.54, 1.807) is 24.5 Å². The van der Waals surface area contributed by atoms with E-state index in [-0.39, 0.29) is 35.6 Å². The van der Waals surface area contributed by atoms with Gasteiger partial charge in [0.1, 0.15) is 0 Å². The third kappa shape index (κ3) is 3.91. The van der Waals surface area contributed by atoms with Crippen LogP contribution in [-0.2, 0) is 16.6 Å². The summed E-state index contributed by atoms with van der Waals surface area (Å²) in [5, 5.41) is 19.4. The molecule has 1 aromatic carbocycles. The molecule has 1 aliphatic heterocycles. The molecule has 0 saturated carbocycles. The Morgan fingerprint density at radius 2 is 1.87 bits per heavy atom. The molecule has 0 atom stereocenters. The van der Waals surface area contributed by atoms with Crippen LogP contribution < -0.4 is 5.32 Å². The highest BCUT2D eigenvalue weighted by Gasteiger charge is 2.38. The highest BCUT2D eigenvalue weighted by molar-refractivity contribution is 7.89. The molecule has 10 nitrogen and oxygen atoms in total. The van der Waals surface area contributed by atoms with Gasteiger partial charge in [-0.15, -0.1) is 5.10 Å². The summed E-state index contributed by atoms with van der Waals surface area (Å²) in [6.45, 7) is 0.793. The predicted molar refractivity (Wildman–Crippen MR) is 104 cm³/mol. The van der Waals surface area contributed by atoms with Crippen LogP contribution in [0.2, 0.25) is 0 Å². The molecule has 1 aliphatic rings. The quantitative estimate of drug-likeness (QED) is 0.617. The van der Waals surface area contributed by atoms with Crippen molar-refractivity contribution in [3.8, 4) is 6.07 Å². The lowest BCUT2D eigenvalue weighted by atomic mass is 10.2. The zero-order valence-corrected chi connectivity index (χ0v) is 16.5. The Balaban J connectivity index is 1.35. The number of pyridine rings is 1. The van der Waals surface area contributed by atoms with Crippen molar-refractivity contribution in [2.45, 2.75) is 17.5 Å². The van der Waals surface area contributed by atoms with Gasteiger partial charge in [0.2, 0.25) is 10.0 Å². The molecule has 1 N–H and O–H groups in total. The van der Waals surface area contributed by atoms with Crippen LogP contribution in [0.3, 0.4) is 0 Å². The number of hydrogen-bond acceptors (Lipinski definition) is 7. The van der Waals surface area contributed by atoms with Crippen LogP contribution >= 0.6 is 0 Å². The van der Waals surface area contributed by atoms with Crippen molar-refractivity contribution >= 4 is 15.9 Å². The molecule has 3 aromatic rings. The summed E-state index contributed by atoms with van der Waals surface area (Å²) in [6.07, 6.45) is 4.80. The summed E-state index contributed by atoms with van der Waals surface area (Å²) in [4.78, 5) is 16.3. The summed E-state index contributed by atoms with van der Waals surface area (Å²) < 4.78 is 28.1. The Labute approximate surface area is 172 Å². The van der Waals surface area contributed by atoms with Gasteiger partial charge in [0.15, 0.2) is 5.69 Å². The fourth-order valence-corrected chi connectivity index (χ4v) is 4.48. The highest BCUT2D eigenvalue weighted by atomic mass is 32.2. The van der Waals surface area contributed by atoms with Gasteiger partial charge < -0.3 is 5.32 Å². The minimum absolute atomic E-state index is 0.134. The Bertz CT molecular complexity index is 1190. The lowest BCUT2D eigenvalue weighted by molar-refractivity contribution is 0.0945. The summed E-state index contributed by atoms with van der Waals surface area (Å²) >= 11 is 0. The standard InChI is InChI=1S/C19H17N7O3S/c20-9-14-1-3-17(4-2-14)30(28,29)25-11-16(12-25)26-13-18(23-24-26)19(27)22-10-15-5-7-21-8-6-15/h1-8,13,16H,10-12H2,(H,22,27). The SMILES string of the molecule is N#Cc1ccc(S(=O)(=O)N2CC(n3cc(C(=O)NCc4ccncc4)nn3)C2)cc1. The number of amides is 1. The maximum absolute atomic E-state index is 12.7. The summed E-state index contributed by atoms with van der Waals surface area (Å²) in [6, 6.07) is 11.1. The van der Waals surface area contributed by atoms with Crippen molar-refractivity contribution in [3.05, 3.63) is 71.8 Å². The second-order valence-corrected chi connectivity index (χ2v) is 8.67. The van der Waals surface area contributed by atoms with Crippen LogP contribution in [0.5, 0.6) is 0 Å². The molecule has 11 heteroatoms. The third-order valence-electron chi connectivity index (χ3n) is 4.77. The lowest BCUT2D eigenvalue weighted by Crippen LogP contribution is -2.50. The van der Waals surface area contributed by atoms with Crippen LogP contribution in [0, 0.1) is 11.3 Å². The monoisotopic (exact) mass is 423 g/mol. The molecule has 0 spiro atoms. The first-order valence-electron chi connectivity index (χ1n) is 9.06. The Morgan fingerprint density at radius 3 is 2.53 bits per heavy atom. The number of rotatable bonds is 6. The van der Waals surface area contributed by atoms with Gasteiger partial charge in [-0.3, -0.25) is 9.78 Å². The molecule has 152 valence electrons. The molecular weight excluding hydrogens is 406 g/mol. The number of nitrogens with zero attached hydrogens (tertiary/aromatic N) is 6.